The van der Waals surface area contributed by atoms with Crippen molar-refractivity contribution in [3.8, 4) is 0 Å². The van der Waals surface area contributed by atoms with Crippen LogP contribution in [0.25, 0.3) is 12.2 Å². The molecule has 1 aromatic heterocycles. The maximum Gasteiger partial charge on any atom is 0.248 e. The Balaban J connectivity index is 1.79. The summed E-state index contributed by atoms with van der Waals surface area (Å²) in [5, 5.41) is 6.68. The second kappa shape index (κ2) is 10.2. The first-order valence-electron chi connectivity index (χ1n) is 10.3. The Morgan fingerprint density at radius 3 is 2.74 bits per heavy atom. The van der Waals surface area contributed by atoms with E-state index < -0.39 is 15.9 Å². The summed E-state index contributed by atoms with van der Waals surface area (Å²) in [6, 6.07) is 7.85. The molecule has 1 aromatic carbocycles. The molecule has 8 nitrogen and oxygen atoms in total. The first-order chi connectivity index (χ1) is 14.8. The van der Waals surface area contributed by atoms with Crippen LogP contribution in [0.2, 0.25) is 0 Å². The van der Waals surface area contributed by atoms with Crippen molar-refractivity contribution < 1.29 is 22.5 Å². The highest BCUT2D eigenvalue weighted by atomic mass is 32.2. The number of carbonyl (C=O) groups excluding carboxylic acids is 1. The lowest BCUT2D eigenvalue weighted by atomic mass is 9.99. The standard InChI is InChI=1S/C22H29N3O5S/c1-16-6-8-18(9-7-16)10-11-20-21(17(2)24-30-20)31(27,28)25-13-4-5-19(15-25)22(26)23-12-14-29-3/h6-11,19H,4-5,12-15H2,1-3H3,(H,23,26)/b11-10+. The summed E-state index contributed by atoms with van der Waals surface area (Å²) in [5.74, 6) is -0.365. The molecule has 0 saturated carbocycles. The van der Waals surface area contributed by atoms with E-state index in [0.29, 0.717) is 38.2 Å². The maximum absolute atomic E-state index is 13.4. The molecule has 0 radical (unpaired) electrons. The van der Waals surface area contributed by atoms with E-state index in [1.165, 1.54) is 4.31 Å². The quantitative estimate of drug-likeness (QED) is 0.624. The zero-order valence-corrected chi connectivity index (χ0v) is 18.9. The molecule has 0 spiro atoms. The molecule has 9 heteroatoms. The van der Waals surface area contributed by atoms with Crippen molar-refractivity contribution in [3.05, 3.63) is 46.8 Å². The van der Waals surface area contributed by atoms with Crippen LogP contribution in [-0.4, -0.2) is 57.1 Å². The van der Waals surface area contributed by atoms with Crippen LogP contribution in [0.15, 0.2) is 33.7 Å². The van der Waals surface area contributed by atoms with Crippen LogP contribution in [0, 0.1) is 19.8 Å². The van der Waals surface area contributed by atoms with E-state index in [1.807, 2.05) is 31.2 Å². The second-order valence-corrected chi connectivity index (χ2v) is 9.57. The van der Waals surface area contributed by atoms with Gasteiger partial charge in [-0.15, -0.1) is 0 Å². The van der Waals surface area contributed by atoms with Gasteiger partial charge in [-0.05, 0) is 38.3 Å². The third-order valence-electron chi connectivity index (χ3n) is 5.30. The van der Waals surface area contributed by atoms with Gasteiger partial charge in [-0.2, -0.15) is 4.31 Å². The Morgan fingerprint density at radius 2 is 2.03 bits per heavy atom. The van der Waals surface area contributed by atoms with Gasteiger partial charge in [0.05, 0.1) is 12.5 Å². The Hall–Kier alpha value is -2.49. The number of hydrogen-bond acceptors (Lipinski definition) is 6. The number of ether oxygens (including phenoxy) is 1. The molecule has 1 N–H and O–H groups in total. The molecule has 0 bridgehead atoms. The number of nitrogens with zero attached hydrogens (tertiary/aromatic N) is 2. The van der Waals surface area contributed by atoms with E-state index in [4.69, 9.17) is 9.26 Å². The van der Waals surface area contributed by atoms with E-state index in [2.05, 4.69) is 10.5 Å². The molecule has 168 valence electrons. The molecule has 1 amide bonds. The largest absolute Gasteiger partial charge is 0.383 e. The van der Waals surface area contributed by atoms with Gasteiger partial charge in [-0.25, -0.2) is 8.42 Å². The summed E-state index contributed by atoms with van der Waals surface area (Å²) in [7, 11) is -2.30. The van der Waals surface area contributed by atoms with E-state index in [1.54, 1.807) is 26.2 Å². The van der Waals surface area contributed by atoms with Gasteiger partial charge in [0.2, 0.25) is 15.9 Å². The molecule has 2 heterocycles. The Bertz CT molecular complexity index is 1030. The summed E-state index contributed by atoms with van der Waals surface area (Å²) >= 11 is 0. The molecule has 1 unspecified atom stereocenters. The Kier molecular flexibility index (Phi) is 7.64. The fraction of sp³-hybridized carbons (Fsp3) is 0.455. The Morgan fingerprint density at radius 1 is 1.29 bits per heavy atom. The highest BCUT2D eigenvalue weighted by molar-refractivity contribution is 7.89. The predicted octanol–water partition coefficient (Wildman–Crippen LogP) is 2.63. The first-order valence-corrected chi connectivity index (χ1v) is 11.7. The molecule has 1 atom stereocenters. The zero-order chi connectivity index (χ0) is 22.4. The number of aryl methyl sites for hydroxylation is 2. The van der Waals surface area contributed by atoms with Crippen molar-refractivity contribution in [2.24, 2.45) is 5.92 Å². The smallest absolute Gasteiger partial charge is 0.248 e. The molecule has 2 aromatic rings. The van der Waals surface area contributed by atoms with E-state index in [0.717, 1.165) is 11.1 Å². The van der Waals surface area contributed by atoms with Gasteiger partial charge in [0.25, 0.3) is 0 Å². The molecule has 31 heavy (non-hydrogen) atoms. The lowest BCUT2D eigenvalue weighted by molar-refractivity contribution is -0.126. The van der Waals surface area contributed by atoms with E-state index in [-0.39, 0.29) is 23.1 Å². The average molecular weight is 448 g/mol. The summed E-state index contributed by atoms with van der Waals surface area (Å²) in [5.41, 5.74) is 2.37. The van der Waals surface area contributed by atoms with Crippen LogP contribution in [0.4, 0.5) is 0 Å². The molecule has 0 aliphatic carbocycles. The lowest BCUT2D eigenvalue weighted by Crippen LogP contribution is -2.46. The molecule has 1 saturated heterocycles. The Labute approximate surface area is 183 Å². The van der Waals surface area contributed by atoms with Crippen molar-refractivity contribution in [3.63, 3.8) is 0 Å². The zero-order valence-electron chi connectivity index (χ0n) is 18.1. The van der Waals surface area contributed by atoms with E-state index in [9.17, 15) is 13.2 Å². The number of carbonyl (C=O) groups is 1. The molecular weight excluding hydrogens is 418 g/mol. The topological polar surface area (TPSA) is 102 Å². The second-order valence-electron chi connectivity index (χ2n) is 7.69. The molecule has 1 aliphatic heterocycles. The van der Waals surface area contributed by atoms with Gasteiger partial charge in [0, 0.05) is 26.7 Å². The first kappa shape index (κ1) is 23.2. The average Bonchev–Trinajstić information content (AvgIpc) is 3.14. The number of rotatable bonds is 8. The molecule has 3 rings (SSSR count). The van der Waals surface area contributed by atoms with Crippen molar-refractivity contribution in [2.45, 2.75) is 31.6 Å². The van der Waals surface area contributed by atoms with Crippen molar-refractivity contribution in [1.82, 2.24) is 14.8 Å². The molecule has 1 fully saturated rings. The maximum atomic E-state index is 13.4. The molecule has 1 aliphatic rings. The number of benzene rings is 1. The van der Waals surface area contributed by atoms with Crippen LogP contribution < -0.4 is 5.32 Å². The number of piperidine rings is 1. The summed E-state index contributed by atoms with van der Waals surface area (Å²) in [4.78, 5) is 12.5. The fourth-order valence-corrected chi connectivity index (χ4v) is 5.35. The minimum absolute atomic E-state index is 0.0521. The normalized spacial score (nSPS) is 17.8. The minimum atomic E-state index is -3.86. The van der Waals surface area contributed by atoms with Gasteiger partial charge in [0.15, 0.2) is 10.7 Å². The monoisotopic (exact) mass is 447 g/mol. The van der Waals surface area contributed by atoms with Crippen LogP contribution in [0.3, 0.4) is 0 Å². The van der Waals surface area contributed by atoms with Crippen LogP contribution in [0.5, 0.6) is 0 Å². The number of amides is 1. The minimum Gasteiger partial charge on any atom is -0.383 e. The van der Waals surface area contributed by atoms with Crippen LogP contribution in [-0.2, 0) is 19.6 Å². The van der Waals surface area contributed by atoms with Gasteiger partial charge in [-0.1, -0.05) is 41.1 Å². The van der Waals surface area contributed by atoms with Gasteiger partial charge in [-0.3, -0.25) is 4.79 Å². The van der Waals surface area contributed by atoms with Gasteiger partial charge < -0.3 is 14.6 Å². The third-order valence-corrected chi connectivity index (χ3v) is 7.32. The highest BCUT2D eigenvalue weighted by Gasteiger charge is 2.36. The number of hydrogen-bond donors (Lipinski definition) is 1. The number of methoxy groups -OCH3 is 1. The summed E-state index contributed by atoms with van der Waals surface area (Å²) in [6.07, 6.45) is 4.67. The van der Waals surface area contributed by atoms with Crippen molar-refractivity contribution >= 4 is 28.1 Å². The van der Waals surface area contributed by atoms with E-state index >= 15 is 0 Å². The van der Waals surface area contributed by atoms with Crippen molar-refractivity contribution in [1.29, 1.82) is 0 Å². The summed E-state index contributed by atoms with van der Waals surface area (Å²) < 4.78 is 38.5. The fourth-order valence-electron chi connectivity index (χ4n) is 3.57. The van der Waals surface area contributed by atoms with Crippen LogP contribution in [0.1, 0.15) is 35.4 Å². The molecular formula is C22H29N3O5S. The number of nitrogens with one attached hydrogen (secondary N) is 1. The lowest BCUT2D eigenvalue weighted by Gasteiger charge is -2.31. The highest BCUT2D eigenvalue weighted by Crippen LogP contribution is 2.29. The van der Waals surface area contributed by atoms with Crippen LogP contribution >= 0.6 is 0 Å². The van der Waals surface area contributed by atoms with Gasteiger partial charge >= 0.3 is 0 Å². The summed E-state index contributed by atoms with van der Waals surface area (Å²) in [6.45, 7) is 4.91. The van der Waals surface area contributed by atoms with Crippen molar-refractivity contribution in [2.75, 3.05) is 33.4 Å². The number of aromatic nitrogens is 1. The number of sulfonamides is 1. The third kappa shape index (κ3) is 5.61. The SMILES string of the molecule is COCCNC(=O)C1CCCN(S(=O)(=O)c2c(C)noc2/C=C/c2ccc(C)cc2)C1. The predicted molar refractivity (Wildman–Crippen MR) is 118 cm³/mol. The van der Waals surface area contributed by atoms with Gasteiger partial charge in [0.1, 0.15) is 5.69 Å².